The monoisotopic (exact) mass is 668 g/mol. The van der Waals surface area contributed by atoms with Gasteiger partial charge in [0, 0.05) is 64.1 Å². The van der Waals surface area contributed by atoms with Crippen LogP contribution in [0.1, 0.15) is 0 Å². The number of aromatic nitrogens is 4. The molecule has 4 nitrogen and oxygen atoms in total. The molecule has 7 aromatic carbocycles. The fraction of sp³-hybridized carbons (Fsp3) is 0. The van der Waals surface area contributed by atoms with E-state index in [2.05, 4.69) is 109 Å². The van der Waals surface area contributed by atoms with Gasteiger partial charge in [0.25, 0.3) is 0 Å². The summed E-state index contributed by atoms with van der Waals surface area (Å²) < 4.78 is 2.54. The van der Waals surface area contributed by atoms with Crippen LogP contribution in [0.3, 0.4) is 0 Å². The fourth-order valence-corrected chi connectivity index (χ4v) is 8.34. The van der Waals surface area contributed by atoms with Gasteiger partial charge in [-0.3, -0.25) is 0 Å². The molecule has 51 heavy (non-hydrogen) atoms. The molecule has 0 radical (unpaired) electrons. The highest BCUT2D eigenvalue weighted by atomic mass is 32.1. The van der Waals surface area contributed by atoms with E-state index >= 15 is 0 Å². The first-order valence-corrected chi connectivity index (χ1v) is 17.8. The quantitative estimate of drug-likeness (QED) is 0.171. The van der Waals surface area contributed by atoms with Crippen LogP contribution in [-0.2, 0) is 0 Å². The maximum Gasteiger partial charge on any atom is 0.164 e. The molecule has 0 fully saturated rings. The highest BCUT2D eigenvalue weighted by Crippen LogP contribution is 2.47. The summed E-state index contributed by atoms with van der Waals surface area (Å²) in [4.78, 5) is 20.1. The average Bonchev–Trinajstić information content (AvgIpc) is 3.61. The highest BCUT2D eigenvalue weighted by molar-refractivity contribution is 7.26. The van der Waals surface area contributed by atoms with Crippen LogP contribution in [0, 0.1) is 0 Å². The molecule has 0 bridgehead atoms. The lowest BCUT2D eigenvalue weighted by molar-refractivity contribution is 1.07. The Labute approximate surface area is 298 Å². The summed E-state index contributed by atoms with van der Waals surface area (Å²) >= 11 is 1.85. The van der Waals surface area contributed by atoms with E-state index in [0.29, 0.717) is 17.5 Å². The number of benzene rings is 7. The molecule has 0 aliphatic heterocycles. The normalized spacial score (nSPS) is 11.5. The van der Waals surface area contributed by atoms with Crippen LogP contribution in [0.25, 0.3) is 98.4 Å². The molecule has 238 valence electrons. The lowest BCUT2D eigenvalue weighted by atomic mass is 9.92. The van der Waals surface area contributed by atoms with Gasteiger partial charge in [0.1, 0.15) is 0 Å². The molecule has 10 rings (SSSR count). The zero-order chi connectivity index (χ0) is 33.7. The van der Waals surface area contributed by atoms with Gasteiger partial charge in [-0.05, 0) is 23.8 Å². The average molecular weight is 669 g/mol. The van der Waals surface area contributed by atoms with Crippen molar-refractivity contribution in [2.24, 2.45) is 0 Å². The molecule has 0 saturated carbocycles. The Morgan fingerprint density at radius 1 is 0.353 bits per heavy atom. The second-order valence-electron chi connectivity index (χ2n) is 12.6. The molecular weight excluding hydrogens is 641 g/mol. The van der Waals surface area contributed by atoms with Gasteiger partial charge in [-0.1, -0.05) is 152 Å². The van der Waals surface area contributed by atoms with Crippen LogP contribution in [0.2, 0.25) is 0 Å². The van der Waals surface area contributed by atoms with Gasteiger partial charge in [-0.15, -0.1) is 11.3 Å². The van der Waals surface area contributed by atoms with E-state index in [1.165, 1.54) is 36.5 Å². The summed E-state index contributed by atoms with van der Waals surface area (Å²) in [5.74, 6) is 1.94. The second kappa shape index (κ2) is 12.1. The minimum atomic E-state index is 0.641. The first kappa shape index (κ1) is 29.4. The van der Waals surface area contributed by atoms with Crippen molar-refractivity contribution < 1.29 is 0 Å². The minimum Gasteiger partial charge on any atom is -0.247 e. The molecule has 10 aromatic rings. The van der Waals surface area contributed by atoms with E-state index < -0.39 is 0 Å². The van der Waals surface area contributed by atoms with Crippen molar-refractivity contribution in [2.75, 3.05) is 0 Å². The Bertz CT molecular complexity index is 2830. The van der Waals surface area contributed by atoms with Gasteiger partial charge in [0.15, 0.2) is 17.5 Å². The molecule has 0 amide bonds. The summed E-state index contributed by atoms with van der Waals surface area (Å²) in [6.45, 7) is 0. The number of pyridine rings is 1. The topological polar surface area (TPSA) is 51.6 Å². The second-order valence-corrected chi connectivity index (χ2v) is 13.7. The SMILES string of the molecule is c1ccc(-c2nc(-c3ccccc3)nc(-c3ccc(-c4cc5c(-c6ccccc6)nc6ccccc6c5c5c4sc4ccccc45)cc3)n2)cc1. The predicted octanol–water partition coefficient (Wildman–Crippen LogP) is 12.3. The van der Waals surface area contributed by atoms with Crippen molar-refractivity contribution in [1.82, 2.24) is 19.9 Å². The number of thiophene rings is 1. The predicted molar refractivity (Wildman–Crippen MR) is 213 cm³/mol. The van der Waals surface area contributed by atoms with Crippen molar-refractivity contribution in [3.8, 4) is 56.5 Å². The van der Waals surface area contributed by atoms with E-state index in [-0.39, 0.29) is 0 Å². The highest BCUT2D eigenvalue weighted by Gasteiger charge is 2.20. The summed E-state index contributed by atoms with van der Waals surface area (Å²) in [6, 6.07) is 59.1. The fourth-order valence-electron chi connectivity index (χ4n) is 7.10. The van der Waals surface area contributed by atoms with Gasteiger partial charge in [-0.25, -0.2) is 19.9 Å². The molecule has 3 aromatic heterocycles. The molecule has 0 aliphatic rings. The van der Waals surface area contributed by atoms with E-state index in [9.17, 15) is 0 Å². The standard InChI is InChI=1S/C46H28N4S/c1-4-14-30(15-5-1)42-37-28-36(43-41(35-21-11-13-23-39(35)51-43)40(37)34-20-10-12-22-38(34)47-42)29-24-26-33(27-25-29)46-49-44(31-16-6-2-7-17-31)48-45(50-46)32-18-8-3-9-19-32/h1-28H. The first-order valence-electron chi connectivity index (χ1n) is 17.0. The van der Waals surface area contributed by atoms with Gasteiger partial charge in [0.05, 0.1) is 11.2 Å². The molecule has 0 saturated heterocycles. The Hall–Kier alpha value is -6.56. The molecule has 0 N–H and O–H groups in total. The Balaban J connectivity index is 1.20. The van der Waals surface area contributed by atoms with E-state index in [1.807, 2.05) is 72.0 Å². The summed E-state index contributed by atoms with van der Waals surface area (Å²) in [5.41, 5.74) is 8.25. The Kier molecular flexibility index (Phi) is 6.96. The third kappa shape index (κ3) is 5.06. The van der Waals surface area contributed by atoms with Crippen LogP contribution < -0.4 is 0 Å². The zero-order valence-electron chi connectivity index (χ0n) is 27.4. The van der Waals surface area contributed by atoms with Gasteiger partial charge in [0.2, 0.25) is 0 Å². The lowest BCUT2D eigenvalue weighted by Gasteiger charge is -2.15. The number of para-hydroxylation sites is 1. The van der Waals surface area contributed by atoms with Crippen molar-refractivity contribution in [3.05, 3.63) is 170 Å². The van der Waals surface area contributed by atoms with Gasteiger partial charge >= 0.3 is 0 Å². The van der Waals surface area contributed by atoms with Gasteiger partial charge < -0.3 is 0 Å². The summed E-state index contributed by atoms with van der Waals surface area (Å²) in [7, 11) is 0. The molecule has 0 spiro atoms. The Morgan fingerprint density at radius 2 is 0.843 bits per heavy atom. The van der Waals surface area contributed by atoms with E-state index in [0.717, 1.165) is 44.4 Å². The number of hydrogen-bond donors (Lipinski definition) is 0. The maximum absolute atomic E-state index is 5.28. The lowest BCUT2D eigenvalue weighted by Crippen LogP contribution is -2.00. The minimum absolute atomic E-state index is 0.641. The molecule has 0 aliphatic carbocycles. The van der Waals surface area contributed by atoms with Crippen molar-refractivity contribution in [1.29, 1.82) is 0 Å². The van der Waals surface area contributed by atoms with E-state index in [1.54, 1.807) is 0 Å². The summed E-state index contributed by atoms with van der Waals surface area (Å²) in [6.07, 6.45) is 0. The third-order valence-electron chi connectivity index (χ3n) is 9.51. The number of hydrogen-bond acceptors (Lipinski definition) is 5. The maximum atomic E-state index is 5.28. The first-order chi connectivity index (χ1) is 25.3. The summed E-state index contributed by atoms with van der Waals surface area (Å²) in [5, 5.41) is 6.11. The van der Waals surface area contributed by atoms with Crippen LogP contribution in [0.15, 0.2) is 170 Å². The van der Waals surface area contributed by atoms with Crippen molar-refractivity contribution in [3.63, 3.8) is 0 Å². The van der Waals surface area contributed by atoms with Crippen LogP contribution in [0.4, 0.5) is 0 Å². The molecular formula is C46H28N4S. The molecule has 3 heterocycles. The molecule has 5 heteroatoms. The van der Waals surface area contributed by atoms with E-state index in [4.69, 9.17) is 19.9 Å². The van der Waals surface area contributed by atoms with Crippen LogP contribution in [0.5, 0.6) is 0 Å². The zero-order valence-corrected chi connectivity index (χ0v) is 28.2. The molecule has 0 atom stereocenters. The van der Waals surface area contributed by atoms with Crippen molar-refractivity contribution >= 4 is 53.2 Å². The van der Waals surface area contributed by atoms with Gasteiger partial charge in [-0.2, -0.15) is 0 Å². The third-order valence-corrected chi connectivity index (χ3v) is 10.7. The Morgan fingerprint density at radius 3 is 1.47 bits per heavy atom. The number of nitrogens with zero attached hydrogens (tertiary/aromatic N) is 4. The van der Waals surface area contributed by atoms with Crippen molar-refractivity contribution in [2.45, 2.75) is 0 Å². The number of fused-ring (bicyclic) bond motifs is 7. The smallest absolute Gasteiger partial charge is 0.164 e. The van der Waals surface area contributed by atoms with Crippen LogP contribution in [-0.4, -0.2) is 19.9 Å². The number of rotatable bonds is 5. The molecule has 0 unspecified atom stereocenters. The van der Waals surface area contributed by atoms with Crippen LogP contribution >= 0.6 is 11.3 Å². The largest absolute Gasteiger partial charge is 0.247 e.